The summed E-state index contributed by atoms with van der Waals surface area (Å²) in [5.41, 5.74) is 2.61. The van der Waals surface area contributed by atoms with E-state index in [2.05, 4.69) is 12.6 Å². The Balaban J connectivity index is 2.22. The average Bonchev–Trinajstić information content (AvgIpc) is 2.49. The van der Waals surface area contributed by atoms with Crippen molar-refractivity contribution in [3.8, 4) is 5.75 Å². The third-order valence-electron chi connectivity index (χ3n) is 3.40. The molecule has 0 heterocycles. The van der Waals surface area contributed by atoms with E-state index in [0.29, 0.717) is 12.1 Å². The van der Waals surface area contributed by atoms with Gasteiger partial charge in [0.15, 0.2) is 0 Å². The molecule has 0 aliphatic carbocycles. The van der Waals surface area contributed by atoms with Crippen molar-refractivity contribution >= 4 is 18.5 Å². The summed E-state index contributed by atoms with van der Waals surface area (Å²) in [4.78, 5) is 15.0. The molecule has 21 heavy (non-hydrogen) atoms. The van der Waals surface area contributed by atoms with Gasteiger partial charge in [-0.15, -0.1) is 12.6 Å². The van der Waals surface area contributed by atoms with Crippen molar-refractivity contribution in [3.05, 3.63) is 59.2 Å². The van der Waals surface area contributed by atoms with Gasteiger partial charge in [-0.2, -0.15) is 0 Å². The molecule has 4 heteroatoms. The molecule has 0 unspecified atom stereocenters. The number of nitrogens with zero attached hydrogens (tertiary/aromatic N) is 1. The fourth-order valence-corrected chi connectivity index (χ4v) is 2.41. The number of thiol groups is 1. The van der Waals surface area contributed by atoms with Crippen LogP contribution in [0.15, 0.2) is 47.4 Å². The number of rotatable bonds is 4. The molecule has 2 rings (SSSR count). The lowest BCUT2D eigenvalue weighted by molar-refractivity contribution is 0.0783. The number of carbonyl (C=O) groups is 1. The first kappa shape index (κ1) is 15.4. The molecule has 0 saturated carbocycles. The lowest BCUT2D eigenvalue weighted by Crippen LogP contribution is -2.27. The Morgan fingerprint density at radius 2 is 1.95 bits per heavy atom. The first-order valence-corrected chi connectivity index (χ1v) is 7.14. The summed E-state index contributed by atoms with van der Waals surface area (Å²) in [6.45, 7) is 2.43. The molecule has 0 atom stereocenters. The number of aryl methyl sites for hydroxylation is 1. The first-order chi connectivity index (χ1) is 10.0. The minimum atomic E-state index is -0.0192. The summed E-state index contributed by atoms with van der Waals surface area (Å²) in [7, 11) is 3.43. The highest BCUT2D eigenvalue weighted by Crippen LogP contribution is 2.21. The molecule has 0 spiro atoms. The Morgan fingerprint density at radius 1 is 1.24 bits per heavy atom. The van der Waals surface area contributed by atoms with Crippen LogP contribution in [0.1, 0.15) is 21.5 Å². The highest BCUT2D eigenvalue weighted by atomic mass is 32.1. The second-order valence-corrected chi connectivity index (χ2v) is 5.49. The number of amides is 1. The quantitative estimate of drug-likeness (QED) is 0.875. The molecule has 0 aromatic heterocycles. The molecular formula is C17H19NO2S. The fraction of sp³-hybridized carbons (Fsp3) is 0.235. The van der Waals surface area contributed by atoms with E-state index in [1.54, 1.807) is 25.1 Å². The highest BCUT2D eigenvalue weighted by Gasteiger charge is 2.16. The third-order valence-corrected chi connectivity index (χ3v) is 3.68. The molecule has 0 saturated heterocycles. The van der Waals surface area contributed by atoms with Crippen molar-refractivity contribution in [1.82, 2.24) is 4.90 Å². The van der Waals surface area contributed by atoms with Crippen LogP contribution >= 0.6 is 12.6 Å². The molecule has 0 N–H and O–H groups in total. The molecule has 0 fully saturated rings. The van der Waals surface area contributed by atoms with Gasteiger partial charge in [0.1, 0.15) is 5.75 Å². The van der Waals surface area contributed by atoms with Gasteiger partial charge in [0, 0.05) is 29.6 Å². The molecule has 3 nitrogen and oxygen atoms in total. The maximum Gasteiger partial charge on any atom is 0.254 e. The van der Waals surface area contributed by atoms with Crippen LogP contribution in [0.5, 0.6) is 5.75 Å². The number of carbonyl (C=O) groups excluding carboxylic acids is 1. The van der Waals surface area contributed by atoms with Gasteiger partial charge < -0.3 is 9.64 Å². The fourth-order valence-electron chi connectivity index (χ4n) is 2.21. The summed E-state index contributed by atoms with van der Waals surface area (Å²) in [6, 6.07) is 13.3. The van der Waals surface area contributed by atoms with E-state index in [9.17, 15) is 4.79 Å². The average molecular weight is 301 g/mol. The van der Waals surface area contributed by atoms with E-state index < -0.39 is 0 Å². The van der Waals surface area contributed by atoms with Crippen LogP contribution in [0.4, 0.5) is 0 Å². The van der Waals surface area contributed by atoms with Crippen LogP contribution in [-0.2, 0) is 6.54 Å². The van der Waals surface area contributed by atoms with Gasteiger partial charge in [-0.1, -0.05) is 24.3 Å². The Morgan fingerprint density at radius 3 is 2.67 bits per heavy atom. The summed E-state index contributed by atoms with van der Waals surface area (Å²) in [5.74, 6) is 0.770. The molecule has 0 bridgehead atoms. The molecular weight excluding hydrogens is 282 g/mol. The smallest absolute Gasteiger partial charge is 0.254 e. The minimum Gasteiger partial charge on any atom is -0.496 e. The van der Waals surface area contributed by atoms with Gasteiger partial charge in [0.2, 0.25) is 0 Å². The van der Waals surface area contributed by atoms with Gasteiger partial charge >= 0.3 is 0 Å². The standard InChI is InChI=1S/C17H19NO2S/c1-12-8-9-14(21)10-15(12)17(19)18(2)11-13-6-4-5-7-16(13)20-3/h4-10,21H,11H2,1-3H3. The van der Waals surface area contributed by atoms with Gasteiger partial charge in [0.05, 0.1) is 7.11 Å². The van der Waals surface area contributed by atoms with Crippen LogP contribution in [0.2, 0.25) is 0 Å². The van der Waals surface area contributed by atoms with Crippen LogP contribution in [0.25, 0.3) is 0 Å². The maximum atomic E-state index is 12.6. The number of para-hydroxylation sites is 1. The van der Waals surface area contributed by atoms with Crippen molar-refractivity contribution in [1.29, 1.82) is 0 Å². The summed E-state index contributed by atoms with van der Waals surface area (Å²) >= 11 is 4.30. The molecule has 1 amide bonds. The number of methoxy groups -OCH3 is 1. The van der Waals surface area contributed by atoms with Gasteiger partial charge in [0.25, 0.3) is 5.91 Å². The Hall–Kier alpha value is -1.94. The van der Waals surface area contributed by atoms with Crippen LogP contribution in [-0.4, -0.2) is 25.0 Å². The monoisotopic (exact) mass is 301 g/mol. The van der Waals surface area contributed by atoms with Gasteiger partial charge in [-0.25, -0.2) is 0 Å². The number of hydrogen-bond acceptors (Lipinski definition) is 3. The van der Waals surface area contributed by atoms with E-state index in [-0.39, 0.29) is 5.91 Å². The van der Waals surface area contributed by atoms with E-state index in [1.807, 2.05) is 43.3 Å². The van der Waals surface area contributed by atoms with Crippen LogP contribution in [0.3, 0.4) is 0 Å². The van der Waals surface area contributed by atoms with Crippen molar-refractivity contribution in [2.45, 2.75) is 18.4 Å². The maximum absolute atomic E-state index is 12.6. The number of hydrogen-bond donors (Lipinski definition) is 1. The molecule has 0 aliphatic heterocycles. The SMILES string of the molecule is COc1ccccc1CN(C)C(=O)c1cc(S)ccc1C. The van der Waals surface area contributed by atoms with Gasteiger partial charge in [-0.3, -0.25) is 4.79 Å². The Bertz CT molecular complexity index is 655. The zero-order valence-electron chi connectivity index (χ0n) is 12.5. The summed E-state index contributed by atoms with van der Waals surface area (Å²) < 4.78 is 5.32. The molecule has 2 aromatic carbocycles. The van der Waals surface area contributed by atoms with Crippen LogP contribution < -0.4 is 4.74 Å². The highest BCUT2D eigenvalue weighted by molar-refractivity contribution is 7.80. The topological polar surface area (TPSA) is 29.5 Å². The Labute approximate surface area is 131 Å². The van der Waals surface area contributed by atoms with E-state index in [0.717, 1.165) is 21.8 Å². The van der Waals surface area contributed by atoms with Gasteiger partial charge in [-0.05, 0) is 30.7 Å². The second kappa shape index (κ2) is 6.68. The molecule has 0 aliphatic rings. The van der Waals surface area contributed by atoms with Crippen molar-refractivity contribution in [3.63, 3.8) is 0 Å². The van der Waals surface area contributed by atoms with Crippen molar-refractivity contribution in [2.75, 3.05) is 14.2 Å². The van der Waals surface area contributed by atoms with Crippen molar-refractivity contribution in [2.24, 2.45) is 0 Å². The zero-order valence-corrected chi connectivity index (χ0v) is 13.4. The summed E-state index contributed by atoms with van der Waals surface area (Å²) in [6.07, 6.45) is 0. The molecule has 2 aromatic rings. The lowest BCUT2D eigenvalue weighted by Gasteiger charge is -2.20. The lowest BCUT2D eigenvalue weighted by atomic mass is 10.1. The molecule has 0 radical (unpaired) electrons. The summed E-state index contributed by atoms with van der Waals surface area (Å²) in [5, 5.41) is 0. The van der Waals surface area contributed by atoms with Crippen LogP contribution in [0, 0.1) is 6.92 Å². The predicted molar refractivity (Wildman–Crippen MR) is 87.2 cm³/mol. The minimum absolute atomic E-state index is 0.0192. The Kier molecular flexibility index (Phi) is 4.91. The second-order valence-electron chi connectivity index (χ2n) is 4.97. The third kappa shape index (κ3) is 3.58. The van der Waals surface area contributed by atoms with E-state index >= 15 is 0 Å². The predicted octanol–water partition coefficient (Wildman–Crippen LogP) is 3.56. The normalized spacial score (nSPS) is 10.3. The largest absolute Gasteiger partial charge is 0.496 e. The number of ether oxygens (including phenoxy) is 1. The van der Waals surface area contributed by atoms with E-state index in [1.165, 1.54) is 0 Å². The number of benzene rings is 2. The molecule has 110 valence electrons. The first-order valence-electron chi connectivity index (χ1n) is 6.70. The van der Waals surface area contributed by atoms with E-state index in [4.69, 9.17) is 4.74 Å². The zero-order chi connectivity index (χ0) is 15.4. The van der Waals surface area contributed by atoms with Crippen molar-refractivity contribution < 1.29 is 9.53 Å².